The SMILES string of the molecule is COc1ccc(NC(=O)N2CCC(S(=O)(=O)c3ccccc3)CC2)cc1. The third-order valence-corrected chi connectivity index (χ3v) is 6.86. The van der Waals surface area contributed by atoms with Gasteiger partial charge in [-0.2, -0.15) is 0 Å². The van der Waals surface area contributed by atoms with Crippen LogP contribution in [0.15, 0.2) is 59.5 Å². The van der Waals surface area contributed by atoms with E-state index in [0.717, 1.165) is 5.75 Å². The fourth-order valence-corrected chi connectivity index (χ4v) is 4.80. The molecule has 6 nitrogen and oxygen atoms in total. The monoisotopic (exact) mass is 374 g/mol. The lowest BCUT2D eigenvalue weighted by molar-refractivity contribution is 0.200. The van der Waals surface area contributed by atoms with E-state index < -0.39 is 15.1 Å². The van der Waals surface area contributed by atoms with Gasteiger partial charge in [0.25, 0.3) is 0 Å². The Morgan fingerprint density at radius 2 is 1.65 bits per heavy atom. The molecule has 0 atom stereocenters. The third kappa shape index (κ3) is 3.99. The number of likely N-dealkylation sites (tertiary alicyclic amines) is 1. The van der Waals surface area contributed by atoms with Gasteiger partial charge in [0.1, 0.15) is 5.75 Å². The summed E-state index contributed by atoms with van der Waals surface area (Å²) in [5, 5.41) is 2.38. The van der Waals surface area contributed by atoms with E-state index in [1.54, 1.807) is 66.6 Å². The van der Waals surface area contributed by atoms with Crippen molar-refractivity contribution in [3.63, 3.8) is 0 Å². The lowest BCUT2D eigenvalue weighted by Crippen LogP contribution is -2.44. The predicted octanol–water partition coefficient (Wildman–Crippen LogP) is 3.17. The molecular formula is C19H22N2O4S. The molecule has 0 bridgehead atoms. The van der Waals surface area contributed by atoms with Gasteiger partial charge in [0, 0.05) is 18.8 Å². The average molecular weight is 374 g/mol. The van der Waals surface area contributed by atoms with Crippen molar-refractivity contribution in [3.8, 4) is 5.75 Å². The Kier molecular flexibility index (Phi) is 5.46. The smallest absolute Gasteiger partial charge is 0.321 e. The van der Waals surface area contributed by atoms with Gasteiger partial charge in [-0.05, 0) is 49.2 Å². The van der Waals surface area contributed by atoms with Crippen LogP contribution in [-0.2, 0) is 9.84 Å². The number of sulfone groups is 1. The van der Waals surface area contributed by atoms with Gasteiger partial charge in [0.2, 0.25) is 0 Å². The zero-order chi connectivity index (χ0) is 18.6. The molecule has 1 heterocycles. The molecule has 2 aromatic rings. The van der Waals surface area contributed by atoms with Crippen molar-refractivity contribution in [1.82, 2.24) is 4.90 Å². The molecule has 3 rings (SSSR count). The molecule has 1 aliphatic heterocycles. The molecule has 26 heavy (non-hydrogen) atoms. The Balaban J connectivity index is 1.58. The van der Waals surface area contributed by atoms with Gasteiger partial charge >= 0.3 is 6.03 Å². The summed E-state index contributed by atoms with van der Waals surface area (Å²) in [4.78, 5) is 14.4. The third-order valence-electron chi connectivity index (χ3n) is 4.58. The van der Waals surface area contributed by atoms with Gasteiger partial charge in [0.05, 0.1) is 17.3 Å². The standard InChI is InChI=1S/C19H22N2O4S/c1-25-16-9-7-15(8-10-16)20-19(22)21-13-11-18(12-14-21)26(23,24)17-5-3-2-4-6-17/h2-10,18H,11-14H2,1H3,(H,20,22). The number of urea groups is 1. The normalized spacial score (nSPS) is 15.5. The molecule has 0 saturated carbocycles. The summed E-state index contributed by atoms with van der Waals surface area (Å²) >= 11 is 0. The molecule has 0 radical (unpaired) electrons. The van der Waals surface area contributed by atoms with Crippen LogP contribution in [0.5, 0.6) is 5.75 Å². The Morgan fingerprint density at radius 3 is 2.23 bits per heavy atom. The van der Waals surface area contributed by atoms with Gasteiger partial charge in [-0.25, -0.2) is 13.2 Å². The molecule has 7 heteroatoms. The van der Waals surface area contributed by atoms with E-state index in [4.69, 9.17) is 4.74 Å². The fraction of sp³-hybridized carbons (Fsp3) is 0.316. The number of nitrogens with zero attached hydrogens (tertiary/aromatic N) is 1. The summed E-state index contributed by atoms with van der Waals surface area (Å²) in [5.74, 6) is 0.718. The van der Waals surface area contributed by atoms with Crippen molar-refractivity contribution < 1.29 is 17.9 Å². The topological polar surface area (TPSA) is 75.7 Å². The quantitative estimate of drug-likeness (QED) is 0.892. The maximum Gasteiger partial charge on any atom is 0.321 e. The van der Waals surface area contributed by atoms with Crippen molar-refractivity contribution in [3.05, 3.63) is 54.6 Å². The molecule has 1 aliphatic rings. The molecule has 0 aliphatic carbocycles. The molecule has 2 amide bonds. The van der Waals surface area contributed by atoms with Crippen LogP contribution in [0.3, 0.4) is 0 Å². The Morgan fingerprint density at radius 1 is 1.04 bits per heavy atom. The second-order valence-corrected chi connectivity index (χ2v) is 8.43. The molecule has 1 fully saturated rings. The molecular weight excluding hydrogens is 352 g/mol. The molecule has 1 saturated heterocycles. The van der Waals surface area contributed by atoms with Crippen LogP contribution < -0.4 is 10.1 Å². The van der Waals surface area contributed by atoms with Gasteiger partial charge < -0.3 is 15.0 Å². The van der Waals surface area contributed by atoms with Crippen LogP contribution >= 0.6 is 0 Å². The number of amides is 2. The van der Waals surface area contributed by atoms with E-state index in [9.17, 15) is 13.2 Å². The van der Waals surface area contributed by atoms with Crippen LogP contribution in [0, 0.1) is 0 Å². The number of nitrogens with one attached hydrogen (secondary N) is 1. The van der Waals surface area contributed by atoms with Crippen LogP contribution in [0.2, 0.25) is 0 Å². The zero-order valence-corrected chi connectivity index (χ0v) is 15.4. The van der Waals surface area contributed by atoms with Crippen molar-refractivity contribution in [1.29, 1.82) is 0 Å². The first-order chi connectivity index (χ1) is 12.5. The number of rotatable bonds is 4. The van der Waals surface area contributed by atoms with Gasteiger partial charge in [-0.1, -0.05) is 18.2 Å². The Hall–Kier alpha value is -2.54. The van der Waals surface area contributed by atoms with Crippen LogP contribution in [0.4, 0.5) is 10.5 Å². The highest BCUT2D eigenvalue weighted by Crippen LogP contribution is 2.25. The Labute approximate surface area is 153 Å². The molecule has 0 unspecified atom stereocenters. The number of hydrogen-bond donors (Lipinski definition) is 1. The van der Waals surface area contributed by atoms with Gasteiger partial charge in [-0.3, -0.25) is 0 Å². The van der Waals surface area contributed by atoms with E-state index in [2.05, 4.69) is 5.32 Å². The number of benzene rings is 2. The number of piperidine rings is 1. The van der Waals surface area contributed by atoms with Crippen molar-refractivity contribution in [2.75, 3.05) is 25.5 Å². The van der Waals surface area contributed by atoms with Crippen LogP contribution in [0.1, 0.15) is 12.8 Å². The minimum atomic E-state index is -3.35. The zero-order valence-electron chi connectivity index (χ0n) is 14.6. The van der Waals surface area contributed by atoms with Gasteiger partial charge in [0.15, 0.2) is 9.84 Å². The second kappa shape index (κ2) is 7.78. The first-order valence-electron chi connectivity index (χ1n) is 8.49. The number of ether oxygens (including phenoxy) is 1. The number of carbonyl (C=O) groups excluding carboxylic acids is 1. The van der Waals surface area contributed by atoms with Crippen LogP contribution in [-0.4, -0.2) is 44.8 Å². The van der Waals surface area contributed by atoms with Crippen molar-refractivity contribution >= 4 is 21.6 Å². The first kappa shape index (κ1) is 18.3. The lowest BCUT2D eigenvalue weighted by atomic mass is 10.1. The largest absolute Gasteiger partial charge is 0.497 e. The second-order valence-electron chi connectivity index (χ2n) is 6.20. The fourth-order valence-electron chi connectivity index (χ4n) is 3.05. The van der Waals surface area contributed by atoms with E-state index in [0.29, 0.717) is 36.5 Å². The van der Waals surface area contributed by atoms with E-state index in [1.165, 1.54) is 0 Å². The lowest BCUT2D eigenvalue weighted by Gasteiger charge is -2.31. The summed E-state index contributed by atoms with van der Waals surface area (Å²) in [6.07, 6.45) is 0.876. The van der Waals surface area contributed by atoms with E-state index in [-0.39, 0.29) is 6.03 Å². The van der Waals surface area contributed by atoms with Crippen molar-refractivity contribution in [2.24, 2.45) is 0 Å². The molecule has 0 spiro atoms. The first-order valence-corrected chi connectivity index (χ1v) is 10.0. The van der Waals surface area contributed by atoms with Crippen LogP contribution in [0.25, 0.3) is 0 Å². The number of methoxy groups -OCH3 is 1. The van der Waals surface area contributed by atoms with Crippen molar-refractivity contribution in [2.45, 2.75) is 23.0 Å². The maximum absolute atomic E-state index is 12.7. The summed E-state index contributed by atoms with van der Waals surface area (Å²) in [7, 11) is -1.77. The molecule has 1 N–H and O–H groups in total. The summed E-state index contributed by atoms with van der Waals surface area (Å²) < 4.78 is 30.5. The molecule has 2 aromatic carbocycles. The highest BCUT2D eigenvalue weighted by molar-refractivity contribution is 7.92. The minimum absolute atomic E-state index is 0.217. The van der Waals surface area contributed by atoms with E-state index in [1.807, 2.05) is 0 Å². The number of hydrogen-bond acceptors (Lipinski definition) is 4. The summed E-state index contributed by atoms with van der Waals surface area (Å²) in [6, 6.07) is 15.4. The summed E-state index contributed by atoms with van der Waals surface area (Å²) in [5.41, 5.74) is 0.676. The molecule has 138 valence electrons. The minimum Gasteiger partial charge on any atom is -0.497 e. The highest BCUT2D eigenvalue weighted by Gasteiger charge is 2.32. The van der Waals surface area contributed by atoms with Gasteiger partial charge in [-0.15, -0.1) is 0 Å². The average Bonchev–Trinajstić information content (AvgIpc) is 2.69. The highest BCUT2D eigenvalue weighted by atomic mass is 32.2. The maximum atomic E-state index is 12.7. The Bertz CT molecular complexity index is 843. The van der Waals surface area contributed by atoms with E-state index >= 15 is 0 Å². The predicted molar refractivity (Wildman–Crippen MR) is 100 cm³/mol. The summed E-state index contributed by atoms with van der Waals surface area (Å²) in [6.45, 7) is 0.831. The number of anilines is 1. The number of carbonyl (C=O) groups is 1. The molecule has 0 aromatic heterocycles.